The molecule has 0 bridgehead atoms. The van der Waals surface area contributed by atoms with Gasteiger partial charge >= 0.3 is 0 Å². The normalized spacial score (nSPS) is 15.2. The molecule has 1 aromatic heterocycles. The Morgan fingerprint density at radius 2 is 1.85 bits per heavy atom. The van der Waals surface area contributed by atoms with E-state index in [1.807, 2.05) is 59.4 Å². The molecule has 2 aromatic carbocycles. The summed E-state index contributed by atoms with van der Waals surface area (Å²) in [5.41, 5.74) is 3.81. The van der Waals surface area contributed by atoms with Gasteiger partial charge in [-0.15, -0.1) is 0 Å². The number of amides is 1. The summed E-state index contributed by atoms with van der Waals surface area (Å²) in [5, 5.41) is 2.90. The summed E-state index contributed by atoms with van der Waals surface area (Å²) in [6.07, 6.45) is 7.89. The molecule has 0 atom stereocenters. The third kappa shape index (κ3) is 3.78. The maximum atomic E-state index is 12.1. The van der Waals surface area contributed by atoms with Crippen molar-refractivity contribution in [2.24, 2.45) is 0 Å². The van der Waals surface area contributed by atoms with E-state index in [9.17, 15) is 4.79 Å². The zero-order chi connectivity index (χ0) is 17.8. The quantitative estimate of drug-likeness (QED) is 0.746. The molecular formula is C21H23N3O2. The molecule has 3 aromatic rings. The van der Waals surface area contributed by atoms with E-state index in [-0.39, 0.29) is 18.6 Å². The van der Waals surface area contributed by atoms with Crippen LogP contribution >= 0.6 is 0 Å². The summed E-state index contributed by atoms with van der Waals surface area (Å²) in [6, 6.07) is 15.8. The lowest BCUT2D eigenvalue weighted by Gasteiger charge is -2.21. The summed E-state index contributed by atoms with van der Waals surface area (Å²) in [4.78, 5) is 16.5. The van der Waals surface area contributed by atoms with Crippen LogP contribution in [0.5, 0.6) is 0 Å². The summed E-state index contributed by atoms with van der Waals surface area (Å²) in [5.74, 6) is -0.101. The number of aromatic nitrogens is 2. The number of ether oxygens (including phenoxy) is 1. The molecule has 1 amide bonds. The second-order valence-electron chi connectivity index (χ2n) is 6.77. The van der Waals surface area contributed by atoms with Gasteiger partial charge in [0.05, 0.1) is 17.1 Å². The summed E-state index contributed by atoms with van der Waals surface area (Å²) < 4.78 is 7.76. The van der Waals surface area contributed by atoms with E-state index in [1.54, 1.807) is 0 Å². The maximum Gasteiger partial charge on any atom is 0.250 e. The molecule has 0 unspecified atom stereocenters. The lowest BCUT2D eigenvalue weighted by molar-refractivity contribution is -0.123. The lowest BCUT2D eigenvalue weighted by Crippen LogP contribution is -2.24. The predicted molar refractivity (Wildman–Crippen MR) is 103 cm³/mol. The smallest absolute Gasteiger partial charge is 0.250 e. The highest BCUT2D eigenvalue weighted by Gasteiger charge is 2.15. The number of hydrogen-bond donors (Lipinski definition) is 1. The first-order chi connectivity index (χ1) is 12.8. The van der Waals surface area contributed by atoms with E-state index in [2.05, 4.69) is 10.3 Å². The number of benzene rings is 2. The molecule has 4 rings (SSSR count). The van der Waals surface area contributed by atoms with Crippen molar-refractivity contribution in [3.05, 3.63) is 54.9 Å². The Morgan fingerprint density at radius 1 is 1.08 bits per heavy atom. The third-order valence-electron chi connectivity index (χ3n) is 4.89. The number of hydrogen-bond acceptors (Lipinski definition) is 3. The minimum atomic E-state index is -0.101. The number of fused-ring (bicyclic) bond motifs is 1. The molecule has 1 N–H and O–H groups in total. The Balaban J connectivity index is 1.37. The van der Waals surface area contributed by atoms with Crippen molar-refractivity contribution in [2.75, 3.05) is 11.9 Å². The number of carbonyl (C=O) groups excluding carboxylic acids is 1. The van der Waals surface area contributed by atoms with Crippen LogP contribution in [0.4, 0.5) is 5.69 Å². The van der Waals surface area contributed by atoms with Gasteiger partial charge in [0, 0.05) is 11.4 Å². The van der Waals surface area contributed by atoms with Gasteiger partial charge in [-0.3, -0.25) is 9.36 Å². The molecule has 26 heavy (non-hydrogen) atoms. The minimum absolute atomic E-state index is 0.101. The molecule has 0 aliphatic heterocycles. The van der Waals surface area contributed by atoms with Crippen molar-refractivity contribution in [3.8, 4) is 5.69 Å². The van der Waals surface area contributed by atoms with Gasteiger partial charge in [-0.2, -0.15) is 0 Å². The van der Waals surface area contributed by atoms with Gasteiger partial charge in [-0.05, 0) is 49.2 Å². The monoisotopic (exact) mass is 349 g/mol. The molecule has 5 nitrogen and oxygen atoms in total. The van der Waals surface area contributed by atoms with Crippen molar-refractivity contribution >= 4 is 22.6 Å². The van der Waals surface area contributed by atoms with Crippen LogP contribution in [0, 0.1) is 0 Å². The van der Waals surface area contributed by atoms with Crippen LogP contribution in [0.3, 0.4) is 0 Å². The molecule has 0 spiro atoms. The number of imidazole rings is 1. The molecule has 5 heteroatoms. The van der Waals surface area contributed by atoms with Crippen molar-refractivity contribution in [1.29, 1.82) is 0 Å². The highest BCUT2D eigenvalue weighted by Crippen LogP contribution is 2.21. The molecular weight excluding hydrogens is 326 g/mol. The average molecular weight is 349 g/mol. The van der Waals surface area contributed by atoms with Crippen molar-refractivity contribution in [3.63, 3.8) is 0 Å². The van der Waals surface area contributed by atoms with Crippen molar-refractivity contribution < 1.29 is 9.53 Å². The molecule has 134 valence electrons. The van der Waals surface area contributed by atoms with Crippen LogP contribution in [-0.2, 0) is 9.53 Å². The molecule has 1 aliphatic carbocycles. The Kier molecular flexibility index (Phi) is 4.97. The first kappa shape index (κ1) is 16.8. The Labute approximate surface area is 153 Å². The van der Waals surface area contributed by atoms with E-state index in [0.29, 0.717) is 0 Å². The lowest BCUT2D eigenvalue weighted by atomic mass is 9.98. The largest absolute Gasteiger partial charge is 0.368 e. The fourth-order valence-corrected chi connectivity index (χ4v) is 3.49. The van der Waals surface area contributed by atoms with Crippen LogP contribution in [-0.4, -0.2) is 28.2 Å². The fourth-order valence-electron chi connectivity index (χ4n) is 3.49. The van der Waals surface area contributed by atoms with Gasteiger partial charge in [0.1, 0.15) is 12.9 Å². The van der Waals surface area contributed by atoms with Gasteiger partial charge in [-0.1, -0.05) is 31.4 Å². The number of nitrogens with zero attached hydrogens (tertiary/aromatic N) is 2. The summed E-state index contributed by atoms with van der Waals surface area (Å²) >= 11 is 0. The first-order valence-electron chi connectivity index (χ1n) is 9.23. The molecule has 1 fully saturated rings. The molecule has 1 heterocycles. The van der Waals surface area contributed by atoms with Crippen LogP contribution in [0.2, 0.25) is 0 Å². The Bertz CT molecular complexity index is 880. The van der Waals surface area contributed by atoms with Crippen molar-refractivity contribution in [1.82, 2.24) is 9.55 Å². The predicted octanol–water partition coefficient (Wildman–Crippen LogP) is 4.31. The van der Waals surface area contributed by atoms with Gasteiger partial charge in [0.15, 0.2) is 0 Å². The second kappa shape index (κ2) is 7.70. The molecule has 1 aliphatic rings. The standard InChI is InChI=1S/C21H23N3O2/c25-21(14-26-18-6-2-1-3-7-18)23-16-10-12-17(13-11-16)24-15-22-19-8-4-5-9-20(19)24/h4-5,8-13,15,18H,1-3,6-7,14H2,(H,23,25). The van der Waals surface area contributed by atoms with Gasteiger partial charge in [0.2, 0.25) is 5.91 Å². The highest BCUT2D eigenvalue weighted by molar-refractivity contribution is 5.91. The van der Waals surface area contributed by atoms with Crippen LogP contribution in [0.1, 0.15) is 32.1 Å². The van der Waals surface area contributed by atoms with E-state index in [0.717, 1.165) is 35.2 Å². The average Bonchev–Trinajstić information content (AvgIpc) is 3.12. The van der Waals surface area contributed by atoms with Gasteiger partial charge in [0.25, 0.3) is 0 Å². The highest BCUT2D eigenvalue weighted by atomic mass is 16.5. The zero-order valence-corrected chi connectivity index (χ0v) is 14.7. The topological polar surface area (TPSA) is 56.1 Å². The van der Waals surface area contributed by atoms with E-state index >= 15 is 0 Å². The minimum Gasteiger partial charge on any atom is -0.368 e. The summed E-state index contributed by atoms with van der Waals surface area (Å²) in [7, 11) is 0. The van der Waals surface area contributed by atoms with Crippen LogP contribution in [0.15, 0.2) is 54.9 Å². The van der Waals surface area contributed by atoms with Crippen LogP contribution in [0.25, 0.3) is 16.7 Å². The fraction of sp³-hybridized carbons (Fsp3) is 0.333. The number of anilines is 1. The Hall–Kier alpha value is -2.66. The number of para-hydroxylation sites is 2. The third-order valence-corrected chi connectivity index (χ3v) is 4.89. The van der Waals surface area contributed by atoms with E-state index in [4.69, 9.17) is 4.74 Å². The van der Waals surface area contributed by atoms with E-state index in [1.165, 1.54) is 19.3 Å². The zero-order valence-electron chi connectivity index (χ0n) is 14.7. The molecule has 0 radical (unpaired) electrons. The Morgan fingerprint density at radius 3 is 2.65 bits per heavy atom. The van der Waals surface area contributed by atoms with Gasteiger partial charge < -0.3 is 10.1 Å². The second-order valence-corrected chi connectivity index (χ2v) is 6.77. The van der Waals surface area contributed by atoms with Gasteiger partial charge in [-0.25, -0.2) is 4.98 Å². The summed E-state index contributed by atoms with van der Waals surface area (Å²) in [6.45, 7) is 0.124. The van der Waals surface area contributed by atoms with E-state index < -0.39 is 0 Å². The molecule has 1 saturated carbocycles. The molecule has 0 saturated heterocycles. The maximum absolute atomic E-state index is 12.1. The van der Waals surface area contributed by atoms with Crippen molar-refractivity contribution in [2.45, 2.75) is 38.2 Å². The first-order valence-corrected chi connectivity index (χ1v) is 9.23. The number of nitrogens with one attached hydrogen (secondary N) is 1. The number of rotatable bonds is 5. The number of carbonyl (C=O) groups is 1. The SMILES string of the molecule is O=C(COC1CCCCC1)Nc1ccc(-n2cnc3ccccc32)cc1. The van der Waals surface area contributed by atoms with Crippen LogP contribution < -0.4 is 5.32 Å².